The Morgan fingerprint density at radius 1 is 1.00 bits per heavy atom. The molecule has 4 nitrogen and oxygen atoms in total. The zero-order valence-corrected chi connectivity index (χ0v) is 21.9. The second-order valence-electron chi connectivity index (χ2n) is 10.1. The summed E-state index contributed by atoms with van der Waals surface area (Å²) in [5, 5.41) is 4.25. The highest BCUT2D eigenvalue weighted by Crippen LogP contribution is 2.38. The Morgan fingerprint density at radius 3 is 2.50 bits per heavy atom. The molecule has 1 aliphatic rings. The lowest BCUT2D eigenvalue weighted by Gasteiger charge is -2.38. The summed E-state index contributed by atoms with van der Waals surface area (Å²) in [5.74, 6) is 0.148. The van der Waals surface area contributed by atoms with Crippen LogP contribution in [0.4, 0.5) is 0 Å². The molecule has 36 heavy (non-hydrogen) atoms. The molecule has 0 N–H and O–H groups in total. The van der Waals surface area contributed by atoms with Crippen LogP contribution in [-0.2, 0) is 11.2 Å². The molecule has 2 amide bonds. The van der Waals surface area contributed by atoms with Crippen molar-refractivity contribution in [3.63, 3.8) is 0 Å². The van der Waals surface area contributed by atoms with E-state index in [0.29, 0.717) is 18.7 Å². The van der Waals surface area contributed by atoms with Crippen LogP contribution in [0.2, 0.25) is 0 Å². The predicted octanol–water partition coefficient (Wildman–Crippen LogP) is 6.48. The zero-order valence-electron chi connectivity index (χ0n) is 21.1. The summed E-state index contributed by atoms with van der Waals surface area (Å²) in [6.45, 7) is 7.50. The molecular formula is C31H32N2O2S. The van der Waals surface area contributed by atoms with E-state index in [1.807, 2.05) is 47.4 Å². The predicted molar refractivity (Wildman–Crippen MR) is 147 cm³/mol. The van der Waals surface area contributed by atoms with Crippen molar-refractivity contribution in [2.75, 3.05) is 19.6 Å². The van der Waals surface area contributed by atoms with Crippen LogP contribution in [0.1, 0.15) is 51.8 Å². The van der Waals surface area contributed by atoms with E-state index < -0.39 is 0 Å². The highest BCUT2D eigenvalue weighted by molar-refractivity contribution is 7.10. The maximum atomic E-state index is 13.9. The second-order valence-corrected chi connectivity index (χ2v) is 11.1. The number of hydrogen-bond donors (Lipinski definition) is 0. The van der Waals surface area contributed by atoms with E-state index >= 15 is 0 Å². The molecule has 3 aromatic carbocycles. The molecule has 0 saturated carbocycles. The number of carbonyl (C=O) groups excluding carboxylic acids is 2. The van der Waals surface area contributed by atoms with Gasteiger partial charge in [-0.3, -0.25) is 9.59 Å². The summed E-state index contributed by atoms with van der Waals surface area (Å²) in [7, 11) is 0. The number of carbonyl (C=O) groups is 2. The molecule has 4 aromatic rings. The first-order valence-corrected chi connectivity index (χ1v) is 13.5. The monoisotopic (exact) mass is 496 g/mol. The van der Waals surface area contributed by atoms with E-state index in [-0.39, 0.29) is 30.3 Å². The third kappa shape index (κ3) is 4.93. The van der Waals surface area contributed by atoms with Crippen molar-refractivity contribution in [1.82, 2.24) is 9.80 Å². The van der Waals surface area contributed by atoms with Crippen LogP contribution in [-0.4, -0.2) is 41.2 Å². The molecule has 0 fully saturated rings. The first-order valence-electron chi connectivity index (χ1n) is 12.6. The third-order valence-electron chi connectivity index (χ3n) is 6.87. The number of rotatable bonds is 6. The van der Waals surface area contributed by atoms with E-state index in [9.17, 15) is 9.59 Å². The first kappa shape index (κ1) is 24.3. The third-order valence-corrected chi connectivity index (χ3v) is 7.87. The van der Waals surface area contributed by atoms with Gasteiger partial charge in [-0.15, -0.1) is 11.3 Å². The van der Waals surface area contributed by atoms with Crippen LogP contribution in [0.3, 0.4) is 0 Å². The van der Waals surface area contributed by atoms with Crippen LogP contribution >= 0.6 is 11.3 Å². The van der Waals surface area contributed by atoms with Crippen molar-refractivity contribution < 1.29 is 9.59 Å². The van der Waals surface area contributed by atoms with E-state index in [2.05, 4.69) is 56.5 Å². The van der Waals surface area contributed by atoms with Gasteiger partial charge in [0, 0.05) is 23.5 Å². The van der Waals surface area contributed by atoms with Gasteiger partial charge in [-0.25, -0.2) is 0 Å². The fourth-order valence-corrected chi connectivity index (χ4v) is 6.02. The van der Waals surface area contributed by atoms with Gasteiger partial charge in [0.15, 0.2) is 0 Å². The normalized spacial score (nSPS) is 15.2. The largest absolute Gasteiger partial charge is 0.330 e. The summed E-state index contributed by atoms with van der Waals surface area (Å²) in [6.07, 6.45) is 0.851. The maximum Gasteiger partial charge on any atom is 0.254 e. The van der Waals surface area contributed by atoms with Crippen LogP contribution in [0.5, 0.6) is 0 Å². The number of nitrogens with zero attached hydrogens (tertiary/aromatic N) is 2. The van der Waals surface area contributed by atoms with Crippen LogP contribution in [0.15, 0.2) is 78.2 Å². The summed E-state index contributed by atoms with van der Waals surface area (Å²) >= 11 is 1.76. The average molecular weight is 497 g/mol. The smallest absolute Gasteiger partial charge is 0.254 e. The van der Waals surface area contributed by atoms with Gasteiger partial charge in [0.1, 0.15) is 6.54 Å². The maximum absolute atomic E-state index is 13.9. The average Bonchev–Trinajstić information content (AvgIpc) is 3.36. The Labute approximate surface area is 217 Å². The molecule has 0 aliphatic carbocycles. The number of fused-ring (bicyclic) bond motifs is 2. The number of hydrogen-bond acceptors (Lipinski definition) is 3. The minimum Gasteiger partial charge on any atom is -0.330 e. The molecule has 1 atom stereocenters. The molecule has 2 heterocycles. The molecule has 5 heteroatoms. The van der Waals surface area contributed by atoms with Gasteiger partial charge in [0.05, 0.1) is 6.04 Å². The molecular weight excluding hydrogens is 464 g/mol. The van der Waals surface area contributed by atoms with Gasteiger partial charge >= 0.3 is 0 Å². The summed E-state index contributed by atoms with van der Waals surface area (Å²) in [4.78, 5) is 32.5. The minimum atomic E-state index is -0.121. The molecule has 1 aliphatic heterocycles. The lowest BCUT2D eigenvalue weighted by Crippen LogP contribution is -2.47. The highest BCUT2D eigenvalue weighted by Gasteiger charge is 2.34. The molecule has 1 unspecified atom stereocenters. The van der Waals surface area contributed by atoms with Gasteiger partial charge in [-0.05, 0) is 64.7 Å². The topological polar surface area (TPSA) is 40.6 Å². The number of amides is 2. The number of aryl methyl sites for hydroxylation is 1. The van der Waals surface area contributed by atoms with E-state index in [1.165, 1.54) is 16.0 Å². The van der Waals surface area contributed by atoms with Gasteiger partial charge in [-0.1, -0.05) is 74.0 Å². The van der Waals surface area contributed by atoms with Crippen molar-refractivity contribution in [2.45, 2.75) is 33.2 Å². The van der Waals surface area contributed by atoms with Gasteiger partial charge in [-0.2, -0.15) is 0 Å². The van der Waals surface area contributed by atoms with Crippen molar-refractivity contribution >= 4 is 33.9 Å². The van der Waals surface area contributed by atoms with Crippen molar-refractivity contribution in [1.29, 1.82) is 0 Å². The van der Waals surface area contributed by atoms with E-state index in [0.717, 1.165) is 22.8 Å². The van der Waals surface area contributed by atoms with E-state index in [4.69, 9.17) is 0 Å². The van der Waals surface area contributed by atoms with Crippen LogP contribution in [0.25, 0.3) is 10.8 Å². The molecule has 184 valence electrons. The molecule has 5 rings (SSSR count). The highest BCUT2D eigenvalue weighted by atomic mass is 32.1. The molecule has 0 bridgehead atoms. The second kappa shape index (κ2) is 10.3. The zero-order chi connectivity index (χ0) is 25.2. The Bertz CT molecular complexity index is 1390. The van der Waals surface area contributed by atoms with Crippen molar-refractivity contribution in [3.05, 3.63) is 105 Å². The Hall–Kier alpha value is -3.44. The first-order chi connectivity index (χ1) is 17.4. The quantitative estimate of drug-likeness (QED) is 0.306. The van der Waals surface area contributed by atoms with Crippen molar-refractivity contribution in [2.24, 2.45) is 5.92 Å². The number of thiophene rings is 1. The molecule has 0 spiro atoms. The fourth-order valence-electron chi connectivity index (χ4n) is 5.11. The van der Waals surface area contributed by atoms with Crippen LogP contribution < -0.4 is 0 Å². The minimum absolute atomic E-state index is 0.00721. The fraction of sp³-hybridized carbons (Fsp3) is 0.290. The molecule has 1 aromatic heterocycles. The molecule has 0 saturated heterocycles. The van der Waals surface area contributed by atoms with E-state index in [1.54, 1.807) is 16.2 Å². The Balaban J connectivity index is 1.43. The lowest BCUT2D eigenvalue weighted by atomic mass is 9.92. The van der Waals surface area contributed by atoms with Crippen LogP contribution in [0, 0.1) is 12.8 Å². The summed E-state index contributed by atoms with van der Waals surface area (Å²) < 4.78 is 0. The number of benzene rings is 3. The molecule has 0 radical (unpaired) electrons. The Kier molecular flexibility index (Phi) is 6.92. The van der Waals surface area contributed by atoms with Gasteiger partial charge < -0.3 is 9.80 Å². The Morgan fingerprint density at radius 2 is 1.75 bits per heavy atom. The summed E-state index contributed by atoms with van der Waals surface area (Å²) in [5.41, 5.74) is 4.14. The SMILES string of the molecule is Cc1ccc(C2c3ccsc3CCN2C(=O)CN(CC(C)C)C(=O)c2ccc3ccccc3c2)cc1. The standard InChI is InChI=1S/C31H32N2O2S/c1-21(2)19-32(31(35)26-13-12-23-6-4-5-7-25(23)18-26)20-29(34)33-16-14-28-27(15-17-36-28)30(33)24-10-8-22(3)9-11-24/h4-13,15,17-18,21,30H,14,16,19-20H2,1-3H3. The van der Waals surface area contributed by atoms with Crippen molar-refractivity contribution in [3.8, 4) is 0 Å². The van der Waals surface area contributed by atoms with Gasteiger partial charge in [0.2, 0.25) is 5.91 Å². The van der Waals surface area contributed by atoms with Gasteiger partial charge in [0.25, 0.3) is 5.91 Å². The lowest BCUT2D eigenvalue weighted by molar-refractivity contribution is -0.134. The summed E-state index contributed by atoms with van der Waals surface area (Å²) in [6, 6.07) is 24.3.